The second-order valence-electron chi connectivity index (χ2n) is 3.97. The third kappa shape index (κ3) is 4.22. The van der Waals surface area contributed by atoms with Gasteiger partial charge >= 0.3 is 0 Å². The Morgan fingerprint density at radius 2 is 2.06 bits per heavy atom. The van der Waals surface area contributed by atoms with Crippen LogP contribution >= 0.6 is 11.3 Å². The van der Waals surface area contributed by atoms with Crippen LogP contribution < -0.4 is 0 Å². The molecule has 1 aromatic rings. The second kappa shape index (κ2) is 7.01. The largest absolute Gasteiger partial charge is 0.355 e. The van der Waals surface area contributed by atoms with Crippen LogP contribution in [0, 0.1) is 0 Å². The van der Waals surface area contributed by atoms with Crippen LogP contribution in [0.4, 0.5) is 0 Å². The fraction of sp³-hybridized carbons (Fsp3) is 0.667. The number of nitrogens with zero attached hydrogens (tertiary/aromatic N) is 1. The molecule has 0 radical (unpaired) electrons. The molecule has 4 heteroatoms. The number of thiophene rings is 1. The van der Waals surface area contributed by atoms with Gasteiger partial charge in [0.25, 0.3) is 0 Å². The molecule has 1 atom stereocenters. The zero-order valence-corrected chi connectivity index (χ0v) is 11.3. The van der Waals surface area contributed by atoms with Gasteiger partial charge in [-0.25, -0.2) is 0 Å². The number of likely N-dealkylation sites (N-methyl/N-ethyl adjacent to an activating group) is 1. The molecule has 0 fully saturated rings. The van der Waals surface area contributed by atoms with Gasteiger partial charge in [0.15, 0.2) is 6.29 Å². The highest BCUT2D eigenvalue weighted by Crippen LogP contribution is 2.13. The van der Waals surface area contributed by atoms with E-state index in [1.165, 1.54) is 4.88 Å². The van der Waals surface area contributed by atoms with Crippen molar-refractivity contribution < 1.29 is 9.47 Å². The summed E-state index contributed by atoms with van der Waals surface area (Å²) in [6.07, 6.45) is 0.935. The molecular weight excluding hydrogens is 222 g/mol. The van der Waals surface area contributed by atoms with Crippen LogP contribution in [0.5, 0.6) is 0 Å². The molecule has 0 saturated carbocycles. The van der Waals surface area contributed by atoms with Crippen LogP contribution in [-0.4, -0.2) is 45.0 Å². The predicted octanol–water partition coefficient (Wildman–Crippen LogP) is 2.23. The van der Waals surface area contributed by atoms with Crippen molar-refractivity contribution >= 4 is 11.3 Å². The lowest BCUT2D eigenvalue weighted by Crippen LogP contribution is -2.38. The normalized spacial score (nSPS) is 13.6. The van der Waals surface area contributed by atoms with E-state index in [1.54, 1.807) is 14.2 Å². The molecule has 0 spiro atoms. The second-order valence-corrected chi connectivity index (χ2v) is 5.01. The van der Waals surface area contributed by atoms with E-state index in [1.807, 2.05) is 11.3 Å². The van der Waals surface area contributed by atoms with Gasteiger partial charge in [-0.1, -0.05) is 6.07 Å². The molecule has 3 nitrogen and oxygen atoms in total. The monoisotopic (exact) mass is 243 g/mol. The van der Waals surface area contributed by atoms with Crippen molar-refractivity contribution in [1.82, 2.24) is 4.90 Å². The molecule has 92 valence electrons. The lowest BCUT2D eigenvalue weighted by Gasteiger charge is -2.27. The first-order valence-corrected chi connectivity index (χ1v) is 6.33. The highest BCUT2D eigenvalue weighted by molar-refractivity contribution is 7.09. The van der Waals surface area contributed by atoms with Crippen molar-refractivity contribution in [1.29, 1.82) is 0 Å². The molecular formula is C12H21NO2S. The van der Waals surface area contributed by atoms with Gasteiger partial charge < -0.3 is 9.47 Å². The summed E-state index contributed by atoms with van der Waals surface area (Å²) in [5.74, 6) is 0. The summed E-state index contributed by atoms with van der Waals surface area (Å²) in [6, 6.07) is 4.77. The Bertz CT molecular complexity index is 273. The molecule has 1 aromatic heterocycles. The molecule has 0 N–H and O–H groups in total. The molecule has 0 saturated heterocycles. The molecule has 0 bridgehead atoms. The Morgan fingerprint density at radius 1 is 1.38 bits per heavy atom. The van der Waals surface area contributed by atoms with E-state index < -0.39 is 0 Å². The molecule has 0 aliphatic rings. The molecule has 0 aromatic carbocycles. The van der Waals surface area contributed by atoms with Crippen molar-refractivity contribution in [3.05, 3.63) is 22.4 Å². The fourth-order valence-electron chi connectivity index (χ4n) is 1.54. The van der Waals surface area contributed by atoms with Gasteiger partial charge in [-0.15, -0.1) is 11.3 Å². The Kier molecular flexibility index (Phi) is 5.98. The van der Waals surface area contributed by atoms with E-state index >= 15 is 0 Å². The number of methoxy groups -OCH3 is 2. The highest BCUT2D eigenvalue weighted by atomic mass is 32.1. The van der Waals surface area contributed by atoms with Crippen LogP contribution in [0.3, 0.4) is 0 Å². The molecule has 0 aliphatic carbocycles. The maximum atomic E-state index is 5.19. The average molecular weight is 243 g/mol. The van der Waals surface area contributed by atoms with E-state index in [2.05, 4.69) is 36.4 Å². The number of ether oxygens (including phenoxy) is 2. The fourth-order valence-corrected chi connectivity index (χ4v) is 2.36. The topological polar surface area (TPSA) is 21.7 Å². The van der Waals surface area contributed by atoms with Gasteiger partial charge in [0.05, 0.1) is 0 Å². The van der Waals surface area contributed by atoms with Crippen LogP contribution in [-0.2, 0) is 15.9 Å². The summed E-state index contributed by atoms with van der Waals surface area (Å²) >= 11 is 1.81. The molecule has 0 amide bonds. The zero-order valence-electron chi connectivity index (χ0n) is 10.5. The lowest BCUT2D eigenvalue weighted by molar-refractivity contribution is -0.116. The Hall–Kier alpha value is -0.420. The predicted molar refractivity (Wildman–Crippen MR) is 67.9 cm³/mol. The minimum absolute atomic E-state index is 0.143. The lowest BCUT2D eigenvalue weighted by atomic mass is 10.2. The first-order valence-electron chi connectivity index (χ1n) is 5.45. The Balaban J connectivity index is 2.38. The first-order chi connectivity index (χ1) is 7.67. The summed E-state index contributed by atoms with van der Waals surface area (Å²) in [5.41, 5.74) is 0. The zero-order chi connectivity index (χ0) is 12.0. The minimum Gasteiger partial charge on any atom is -0.355 e. The van der Waals surface area contributed by atoms with Gasteiger partial charge in [0, 0.05) is 31.7 Å². The van der Waals surface area contributed by atoms with Crippen LogP contribution in [0.25, 0.3) is 0 Å². The van der Waals surface area contributed by atoms with E-state index in [9.17, 15) is 0 Å². The highest BCUT2D eigenvalue weighted by Gasteiger charge is 2.15. The van der Waals surface area contributed by atoms with Crippen molar-refractivity contribution in [3.8, 4) is 0 Å². The SMILES string of the molecule is COC(CN(C)C(C)Cc1cccs1)OC. The number of hydrogen-bond acceptors (Lipinski definition) is 4. The van der Waals surface area contributed by atoms with Crippen LogP contribution in [0.2, 0.25) is 0 Å². The third-order valence-corrected chi connectivity index (χ3v) is 3.69. The smallest absolute Gasteiger partial charge is 0.169 e. The summed E-state index contributed by atoms with van der Waals surface area (Å²) in [7, 11) is 5.45. The van der Waals surface area contributed by atoms with Crippen LogP contribution in [0.1, 0.15) is 11.8 Å². The summed E-state index contributed by atoms with van der Waals surface area (Å²) < 4.78 is 10.4. The third-order valence-electron chi connectivity index (χ3n) is 2.79. The Labute approximate surface area is 102 Å². The van der Waals surface area contributed by atoms with E-state index in [0.717, 1.165) is 13.0 Å². The van der Waals surface area contributed by atoms with Gasteiger partial charge in [0.1, 0.15) is 0 Å². The van der Waals surface area contributed by atoms with Gasteiger partial charge in [-0.05, 0) is 31.8 Å². The maximum absolute atomic E-state index is 5.19. The summed E-state index contributed by atoms with van der Waals surface area (Å²) in [5, 5.41) is 2.12. The standard InChI is InChI=1S/C12H21NO2S/c1-10(8-11-6-5-7-16-11)13(2)9-12(14-3)15-4/h5-7,10,12H,8-9H2,1-4H3. The van der Waals surface area contributed by atoms with Crippen LogP contribution in [0.15, 0.2) is 17.5 Å². The van der Waals surface area contributed by atoms with Crippen molar-refractivity contribution in [3.63, 3.8) is 0 Å². The summed E-state index contributed by atoms with van der Waals surface area (Å²) in [6.45, 7) is 3.02. The number of hydrogen-bond donors (Lipinski definition) is 0. The van der Waals surface area contributed by atoms with Crippen molar-refractivity contribution in [2.45, 2.75) is 25.7 Å². The molecule has 1 rings (SSSR count). The molecule has 0 aliphatic heterocycles. The van der Waals surface area contributed by atoms with Gasteiger partial charge in [0.2, 0.25) is 0 Å². The average Bonchev–Trinajstić information content (AvgIpc) is 2.78. The summed E-state index contributed by atoms with van der Waals surface area (Å²) in [4.78, 5) is 3.68. The number of rotatable bonds is 7. The van der Waals surface area contributed by atoms with Gasteiger partial charge in [-0.3, -0.25) is 4.90 Å². The molecule has 1 heterocycles. The quantitative estimate of drug-likeness (QED) is 0.686. The first kappa shape index (κ1) is 13.6. The van der Waals surface area contributed by atoms with E-state index in [4.69, 9.17) is 9.47 Å². The van der Waals surface area contributed by atoms with E-state index in [-0.39, 0.29) is 6.29 Å². The minimum atomic E-state index is -0.143. The van der Waals surface area contributed by atoms with E-state index in [0.29, 0.717) is 6.04 Å². The Morgan fingerprint density at radius 3 is 2.56 bits per heavy atom. The maximum Gasteiger partial charge on any atom is 0.169 e. The van der Waals surface area contributed by atoms with Crippen molar-refractivity contribution in [2.75, 3.05) is 27.8 Å². The van der Waals surface area contributed by atoms with Crippen molar-refractivity contribution in [2.24, 2.45) is 0 Å². The molecule has 1 unspecified atom stereocenters. The van der Waals surface area contributed by atoms with Gasteiger partial charge in [-0.2, -0.15) is 0 Å². The molecule has 16 heavy (non-hydrogen) atoms.